The Labute approximate surface area is 129 Å². The molecule has 0 radical (unpaired) electrons. The van der Waals surface area contributed by atoms with Gasteiger partial charge in [-0.3, -0.25) is 4.79 Å². The van der Waals surface area contributed by atoms with Crippen LogP contribution in [0.1, 0.15) is 18.4 Å². The van der Waals surface area contributed by atoms with E-state index in [1.54, 1.807) is 4.90 Å². The van der Waals surface area contributed by atoms with Gasteiger partial charge in [0.05, 0.1) is 6.04 Å². The second-order valence-electron chi connectivity index (χ2n) is 5.93. The molecule has 0 spiro atoms. The van der Waals surface area contributed by atoms with Crippen LogP contribution in [-0.4, -0.2) is 42.6 Å². The van der Waals surface area contributed by atoms with E-state index < -0.39 is 0 Å². The molecule has 0 unspecified atom stereocenters. The molecule has 3 N–H and O–H groups in total. The number of amides is 3. The summed E-state index contributed by atoms with van der Waals surface area (Å²) >= 11 is 0. The number of likely N-dealkylation sites (tertiary alicyclic amines) is 1. The number of para-hydroxylation sites is 1. The quantitative estimate of drug-likeness (QED) is 0.851. The number of nitrogens with two attached hydrogens (primary N) is 1. The zero-order valence-corrected chi connectivity index (χ0v) is 12.5. The number of hydrogen-bond donors (Lipinski definition) is 2. The van der Waals surface area contributed by atoms with E-state index in [0.717, 1.165) is 17.7 Å². The summed E-state index contributed by atoms with van der Waals surface area (Å²) in [5.41, 5.74) is 6.43. The minimum absolute atomic E-state index is 0.0173. The first kappa shape index (κ1) is 14.7. The second-order valence-corrected chi connectivity index (χ2v) is 5.93. The van der Waals surface area contributed by atoms with Crippen LogP contribution in [0.5, 0.6) is 5.75 Å². The van der Waals surface area contributed by atoms with E-state index >= 15 is 0 Å². The van der Waals surface area contributed by atoms with Gasteiger partial charge in [0, 0.05) is 19.0 Å². The highest BCUT2D eigenvalue weighted by atomic mass is 16.5. The van der Waals surface area contributed by atoms with E-state index in [1.165, 1.54) is 0 Å². The van der Waals surface area contributed by atoms with Crippen LogP contribution in [0.2, 0.25) is 0 Å². The lowest BCUT2D eigenvalue weighted by Crippen LogP contribution is -2.51. The average Bonchev–Trinajstić information content (AvgIpc) is 2.55. The molecule has 118 valence electrons. The molecule has 2 aliphatic heterocycles. The summed E-state index contributed by atoms with van der Waals surface area (Å²) in [4.78, 5) is 25.2. The van der Waals surface area contributed by atoms with Gasteiger partial charge in [-0.1, -0.05) is 18.2 Å². The predicted octanol–water partition coefficient (Wildman–Crippen LogP) is 0.897. The lowest BCUT2D eigenvalue weighted by molar-refractivity contribution is -0.123. The first-order valence-electron chi connectivity index (χ1n) is 7.69. The van der Waals surface area contributed by atoms with Gasteiger partial charge in [0.1, 0.15) is 12.4 Å². The lowest BCUT2D eigenvalue weighted by Gasteiger charge is -2.33. The Morgan fingerprint density at radius 3 is 2.68 bits per heavy atom. The number of carbonyl (C=O) groups excluding carboxylic acids is 2. The number of urea groups is 1. The number of rotatable bonds is 2. The Morgan fingerprint density at radius 2 is 1.95 bits per heavy atom. The van der Waals surface area contributed by atoms with Gasteiger partial charge in [-0.15, -0.1) is 0 Å². The van der Waals surface area contributed by atoms with Crippen molar-refractivity contribution in [1.29, 1.82) is 0 Å². The lowest BCUT2D eigenvalue weighted by atomic mass is 9.96. The number of benzene rings is 1. The molecule has 2 aliphatic rings. The fraction of sp³-hybridized carbons (Fsp3) is 0.500. The van der Waals surface area contributed by atoms with Crippen LogP contribution in [0.25, 0.3) is 0 Å². The summed E-state index contributed by atoms with van der Waals surface area (Å²) in [5, 5.41) is 3.02. The van der Waals surface area contributed by atoms with Gasteiger partial charge in [0.25, 0.3) is 0 Å². The minimum atomic E-state index is -0.266. The number of ether oxygens (including phenoxy) is 1. The molecule has 0 aromatic heterocycles. The maximum Gasteiger partial charge on any atom is 0.317 e. The Morgan fingerprint density at radius 1 is 1.23 bits per heavy atom. The molecule has 0 bridgehead atoms. The normalized spacial score (nSPS) is 21.6. The van der Waals surface area contributed by atoms with Gasteiger partial charge in [-0.25, -0.2) is 4.79 Å². The van der Waals surface area contributed by atoms with Crippen LogP contribution in [0.15, 0.2) is 24.3 Å². The van der Waals surface area contributed by atoms with Gasteiger partial charge in [0.15, 0.2) is 0 Å². The van der Waals surface area contributed by atoms with Gasteiger partial charge < -0.3 is 20.7 Å². The summed E-state index contributed by atoms with van der Waals surface area (Å²) in [6, 6.07) is 7.78. The van der Waals surface area contributed by atoms with E-state index in [9.17, 15) is 9.59 Å². The average molecular weight is 303 g/mol. The van der Waals surface area contributed by atoms with Crippen molar-refractivity contribution in [2.24, 2.45) is 11.7 Å². The van der Waals surface area contributed by atoms with Crippen molar-refractivity contribution in [3.05, 3.63) is 29.8 Å². The van der Waals surface area contributed by atoms with Crippen molar-refractivity contribution in [2.75, 3.05) is 19.7 Å². The topological polar surface area (TPSA) is 84.7 Å². The summed E-state index contributed by atoms with van der Waals surface area (Å²) in [7, 11) is 0. The fourth-order valence-corrected chi connectivity index (χ4v) is 3.05. The third-order valence-electron chi connectivity index (χ3n) is 4.39. The van der Waals surface area contributed by atoms with Crippen LogP contribution in [0, 0.1) is 5.92 Å². The van der Waals surface area contributed by atoms with Gasteiger partial charge in [-0.2, -0.15) is 0 Å². The maximum absolute atomic E-state index is 12.3. The fourth-order valence-electron chi connectivity index (χ4n) is 3.05. The second kappa shape index (κ2) is 6.25. The highest BCUT2D eigenvalue weighted by Gasteiger charge is 2.28. The molecule has 1 saturated heterocycles. The molecular formula is C16H21N3O3. The summed E-state index contributed by atoms with van der Waals surface area (Å²) in [6.45, 7) is 1.63. The number of primary amides is 1. The Balaban J connectivity index is 1.52. The summed E-state index contributed by atoms with van der Waals surface area (Å²) in [6.07, 6.45) is 2.07. The molecule has 1 aromatic carbocycles. The number of piperidine rings is 1. The van der Waals surface area contributed by atoms with Crippen molar-refractivity contribution in [3.63, 3.8) is 0 Å². The largest absolute Gasteiger partial charge is 0.491 e. The minimum Gasteiger partial charge on any atom is -0.491 e. The standard InChI is InChI=1S/C16H21N3O3/c17-15(20)11-5-7-19(8-6-11)16(21)18-13-9-12-3-1-2-4-14(12)22-10-13/h1-4,11,13H,5-10H2,(H2,17,20)(H,18,21)/t13-/m1/s1. The van der Waals surface area contributed by atoms with Crippen LogP contribution < -0.4 is 15.8 Å². The van der Waals surface area contributed by atoms with Crippen LogP contribution >= 0.6 is 0 Å². The summed E-state index contributed by atoms with van der Waals surface area (Å²) in [5.74, 6) is 0.529. The Hall–Kier alpha value is -2.24. The van der Waals surface area contributed by atoms with E-state index in [1.807, 2.05) is 24.3 Å². The molecule has 0 aliphatic carbocycles. The molecule has 22 heavy (non-hydrogen) atoms. The first-order valence-corrected chi connectivity index (χ1v) is 7.69. The van der Waals surface area contributed by atoms with Gasteiger partial charge >= 0.3 is 6.03 Å². The van der Waals surface area contributed by atoms with Crippen LogP contribution in [0.4, 0.5) is 4.79 Å². The van der Waals surface area contributed by atoms with Gasteiger partial charge in [0.2, 0.25) is 5.91 Å². The number of nitrogens with one attached hydrogen (secondary N) is 1. The highest BCUT2D eigenvalue weighted by molar-refractivity contribution is 5.78. The van der Waals surface area contributed by atoms with Crippen LogP contribution in [-0.2, 0) is 11.2 Å². The van der Waals surface area contributed by atoms with E-state index in [0.29, 0.717) is 32.5 Å². The third kappa shape index (κ3) is 3.16. The van der Waals surface area contributed by atoms with Crippen molar-refractivity contribution in [2.45, 2.75) is 25.3 Å². The van der Waals surface area contributed by atoms with Crippen molar-refractivity contribution >= 4 is 11.9 Å². The molecule has 0 saturated carbocycles. The molecular weight excluding hydrogens is 282 g/mol. The molecule has 1 aromatic rings. The molecule has 2 heterocycles. The summed E-state index contributed by atoms with van der Waals surface area (Å²) < 4.78 is 5.68. The van der Waals surface area contributed by atoms with Crippen molar-refractivity contribution < 1.29 is 14.3 Å². The monoisotopic (exact) mass is 303 g/mol. The number of fused-ring (bicyclic) bond motifs is 1. The van der Waals surface area contributed by atoms with Gasteiger partial charge in [-0.05, 0) is 30.9 Å². The molecule has 3 rings (SSSR count). The SMILES string of the molecule is NC(=O)C1CCN(C(=O)N[C@H]2COc3ccccc3C2)CC1. The molecule has 1 atom stereocenters. The van der Waals surface area contributed by atoms with Crippen molar-refractivity contribution in [3.8, 4) is 5.75 Å². The zero-order chi connectivity index (χ0) is 15.5. The number of carbonyl (C=O) groups is 2. The van der Waals surface area contributed by atoms with Crippen LogP contribution in [0.3, 0.4) is 0 Å². The Kier molecular flexibility index (Phi) is 4.18. The van der Waals surface area contributed by atoms with E-state index in [4.69, 9.17) is 10.5 Å². The number of nitrogens with zero attached hydrogens (tertiary/aromatic N) is 1. The molecule has 1 fully saturated rings. The Bertz CT molecular complexity index is 568. The smallest absolute Gasteiger partial charge is 0.317 e. The first-order chi connectivity index (χ1) is 10.6. The zero-order valence-electron chi connectivity index (χ0n) is 12.5. The number of hydrogen-bond acceptors (Lipinski definition) is 3. The van der Waals surface area contributed by atoms with E-state index in [-0.39, 0.29) is 23.9 Å². The molecule has 3 amide bonds. The molecule has 6 heteroatoms. The van der Waals surface area contributed by atoms with E-state index in [2.05, 4.69) is 5.32 Å². The predicted molar refractivity (Wildman–Crippen MR) is 81.5 cm³/mol. The highest BCUT2D eigenvalue weighted by Crippen LogP contribution is 2.24. The third-order valence-corrected chi connectivity index (χ3v) is 4.39. The van der Waals surface area contributed by atoms with Crippen molar-refractivity contribution in [1.82, 2.24) is 10.2 Å². The maximum atomic E-state index is 12.3. The molecule has 6 nitrogen and oxygen atoms in total.